The summed E-state index contributed by atoms with van der Waals surface area (Å²) in [7, 11) is 0. The zero-order chi connectivity index (χ0) is 17.9. The number of hydrogen-bond acceptors (Lipinski definition) is 5. The van der Waals surface area contributed by atoms with Crippen molar-refractivity contribution in [2.24, 2.45) is 0 Å². The lowest BCUT2D eigenvalue weighted by Crippen LogP contribution is -2.38. The molecule has 1 aliphatic rings. The van der Waals surface area contributed by atoms with Gasteiger partial charge in [-0.25, -0.2) is 14.4 Å². The zero-order valence-electron chi connectivity index (χ0n) is 14.1. The van der Waals surface area contributed by atoms with Crippen molar-refractivity contribution < 1.29 is 18.0 Å². The standard InChI is InChI=1S/C19H18FN3O3/c20-14-6-4-13(5-7-14)9-15-10-22-18(26-15)16-3-1-2-8-23(16)19(24)17-11-21-12-25-17/h4-7,10-12,16H,1-3,8-9H2/t16-/m0/s1. The van der Waals surface area contributed by atoms with E-state index >= 15 is 0 Å². The van der Waals surface area contributed by atoms with Crippen LogP contribution in [0.3, 0.4) is 0 Å². The van der Waals surface area contributed by atoms with Gasteiger partial charge in [-0.05, 0) is 37.0 Å². The van der Waals surface area contributed by atoms with Crippen LogP contribution in [0.15, 0.2) is 51.9 Å². The fraction of sp³-hybridized carbons (Fsp3) is 0.316. The number of oxazole rings is 2. The highest BCUT2D eigenvalue weighted by atomic mass is 19.1. The van der Waals surface area contributed by atoms with Crippen LogP contribution in [0.5, 0.6) is 0 Å². The molecule has 1 saturated heterocycles. The SMILES string of the molecule is O=C(c1cnco1)N1CCCC[C@H]1c1ncc(Cc2ccc(F)cc2)o1. The van der Waals surface area contributed by atoms with Crippen LogP contribution in [-0.4, -0.2) is 27.3 Å². The van der Waals surface area contributed by atoms with Gasteiger partial charge < -0.3 is 13.7 Å². The van der Waals surface area contributed by atoms with Gasteiger partial charge in [0.2, 0.25) is 11.7 Å². The van der Waals surface area contributed by atoms with E-state index in [1.165, 1.54) is 24.7 Å². The van der Waals surface area contributed by atoms with E-state index in [0.717, 1.165) is 24.8 Å². The van der Waals surface area contributed by atoms with Crippen molar-refractivity contribution in [2.45, 2.75) is 31.7 Å². The summed E-state index contributed by atoms with van der Waals surface area (Å²) in [4.78, 5) is 22.6. The average Bonchev–Trinajstić information content (AvgIpc) is 3.35. The van der Waals surface area contributed by atoms with Gasteiger partial charge in [0, 0.05) is 13.0 Å². The van der Waals surface area contributed by atoms with Gasteiger partial charge >= 0.3 is 0 Å². The number of amides is 1. The van der Waals surface area contributed by atoms with Crippen molar-refractivity contribution >= 4 is 5.91 Å². The summed E-state index contributed by atoms with van der Waals surface area (Å²) in [6, 6.07) is 6.07. The Morgan fingerprint density at radius 1 is 1.23 bits per heavy atom. The number of likely N-dealkylation sites (tertiary alicyclic amines) is 1. The monoisotopic (exact) mass is 355 g/mol. The van der Waals surface area contributed by atoms with Crippen LogP contribution in [0.25, 0.3) is 0 Å². The average molecular weight is 355 g/mol. The molecule has 6 nitrogen and oxygen atoms in total. The topological polar surface area (TPSA) is 72.4 Å². The molecule has 2 aromatic heterocycles. The summed E-state index contributed by atoms with van der Waals surface area (Å²) in [6.45, 7) is 0.625. The molecule has 0 radical (unpaired) electrons. The molecule has 0 N–H and O–H groups in total. The van der Waals surface area contributed by atoms with Crippen LogP contribution in [0.2, 0.25) is 0 Å². The number of halogens is 1. The highest BCUT2D eigenvalue weighted by molar-refractivity contribution is 5.91. The highest BCUT2D eigenvalue weighted by Gasteiger charge is 2.33. The second-order valence-electron chi connectivity index (χ2n) is 6.34. The van der Waals surface area contributed by atoms with Gasteiger partial charge in [0.05, 0.1) is 12.4 Å². The summed E-state index contributed by atoms with van der Waals surface area (Å²) >= 11 is 0. The summed E-state index contributed by atoms with van der Waals surface area (Å²) in [6.07, 6.45) is 7.58. The van der Waals surface area contributed by atoms with E-state index in [4.69, 9.17) is 8.83 Å². The Kier molecular flexibility index (Phi) is 4.51. The summed E-state index contributed by atoms with van der Waals surface area (Å²) in [5, 5.41) is 0. The molecule has 1 fully saturated rings. The first kappa shape index (κ1) is 16.5. The van der Waals surface area contributed by atoms with Gasteiger partial charge in [0.1, 0.15) is 17.6 Å². The highest BCUT2D eigenvalue weighted by Crippen LogP contribution is 2.32. The molecule has 3 aromatic rings. The Morgan fingerprint density at radius 2 is 2.08 bits per heavy atom. The molecule has 0 aliphatic carbocycles. The second-order valence-corrected chi connectivity index (χ2v) is 6.34. The smallest absolute Gasteiger partial charge is 0.291 e. The van der Waals surface area contributed by atoms with Crippen LogP contribution in [0, 0.1) is 5.82 Å². The normalized spacial score (nSPS) is 17.4. The maximum absolute atomic E-state index is 13.0. The Bertz CT molecular complexity index is 874. The van der Waals surface area contributed by atoms with Crippen LogP contribution in [0.4, 0.5) is 4.39 Å². The second kappa shape index (κ2) is 7.11. The van der Waals surface area contributed by atoms with Crippen LogP contribution >= 0.6 is 0 Å². The molecule has 0 unspecified atom stereocenters. The van der Waals surface area contributed by atoms with Gasteiger partial charge in [0.25, 0.3) is 5.91 Å². The third-order valence-corrected chi connectivity index (χ3v) is 4.55. The molecule has 134 valence electrons. The Balaban J connectivity index is 1.52. The quantitative estimate of drug-likeness (QED) is 0.712. The largest absolute Gasteiger partial charge is 0.443 e. The minimum Gasteiger partial charge on any atom is -0.443 e. The third-order valence-electron chi connectivity index (χ3n) is 4.55. The van der Waals surface area contributed by atoms with E-state index < -0.39 is 0 Å². The van der Waals surface area contributed by atoms with E-state index in [9.17, 15) is 9.18 Å². The molecular formula is C19H18FN3O3. The van der Waals surface area contributed by atoms with E-state index in [-0.39, 0.29) is 23.5 Å². The number of nitrogens with zero attached hydrogens (tertiary/aromatic N) is 3. The van der Waals surface area contributed by atoms with Crippen molar-refractivity contribution in [3.8, 4) is 0 Å². The van der Waals surface area contributed by atoms with E-state index in [0.29, 0.717) is 24.6 Å². The predicted octanol–water partition coefficient (Wildman–Crippen LogP) is 3.76. The van der Waals surface area contributed by atoms with Crippen molar-refractivity contribution in [1.82, 2.24) is 14.9 Å². The molecule has 4 rings (SSSR count). The lowest BCUT2D eigenvalue weighted by molar-refractivity contribution is 0.0538. The van der Waals surface area contributed by atoms with Gasteiger partial charge in [-0.2, -0.15) is 0 Å². The molecule has 1 atom stereocenters. The third kappa shape index (κ3) is 3.37. The van der Waals surface area contributed by atoms with E-state index in [1.54, 1.807) is 23.2 Å². The van der Waals surface area contributed by atoms with Gasteiger partial charge in [0.15, 0.2) is 6.39 Å². The fourth-order valence-electron chi connectivity index (χ4n) is 3.26. The molecule has 26 heavy (non-hydrogen) atoms. The van der Waals surface area contributed by atoms with E-state index in [1.807, 2.05) is 0 Å². The minimum absolute atomic E-state index is 0.203. The van der Waals surface area contributed by atoms with Crippen molar-refractivity contribution in [1.29, 1.82) is 0 Å². The number of carbonyl (C=O) groups is 1. The molecule has 1 amide bonds. The number of piperidine rings is 1. The molecule has 1 aromatic carbocycles. The van der Waals surface area contributed by atoms with Crippen molar-refractivity contribution in [3.05, 3.63) is 71.8 Å². The first-order valence-corrected chi connectivity index (χ1v) is 8.59. The Morgan fingerprint density at radius 3 is 2.85 bits per heavy atom. The van der Waals surface area contributed by atoms with Gasteiger partial charge in [-0.1, -0.05) is 12.1 Å². The number of hydrogen-bond donors (Lipinski definition) is 0. The molecule has 0 spiro atoms. The van der Waals surface area contributed by atoms with Crippen molar-refractivity contribution in [2.75, 3.05) is 6.54 Å². The van der Waals surface area contributed by atoms with E-state index in [2.05, 4.69) is 9.97 Å². The first-order valence-electron chi connectivity index (χ1n) is 8.59. The first-order chi connectivity index (χ1) is 12.7. The van der Waals surface area contributed by atoms with Crippen molar-refractivity contribution in [3.63, 3.8) is 0 Å². The maximum Gasteiger partial charge on any atom is 0.291 e. The number of aromatic nitrogens is 2. The zero-order valence-corrected chi connectivity index (χ0v) is 14.1. The Hall–Kier alpha value is -2.96. The lowest BCUT2D eigenvalue weighted by atomic mass is 10.0. The van der Waals surface area contributed by atoms with Gasteiger partial charge in [-0.3, -0.25) is 4.79 Å². The van der Waals surface area contributed by atoms with Crippen LogP contribution in [-0.2, 0) is 6.42 Å². The van der Waals surface area contributed by atoms with Crippen LogP contribution in [0.1, 0.15) is 53.1 Å². The molecule has 0 bridgehead atoms. The fourth-order valence-corrected chi connectivity index (χ4v) is 3.26. The number of rotatable bonds is 4. The number of carbonyl (C=O) groups excluding carboxylic acids is 1. The maximum atomic E-state index is 13.0. The molecule has 7 heteroatoms. The predicted molar refractivity (Wildman–Crippen MR) is 89.8 cm³/mol. The Labute approximate surface area is 149 Å². The number of benzene rings is 1. The summed E-state index contributed by atoms with van der Waals surface area (Å²) in [5.74, 6) is 0.954. The molecule has 1 aliphatic heterocycles. The van der Waals surface area contributed by atoms with Crippen LogP contribution < -0.4 is 0 Å². The summed E-state index contributed by atoms with van der Waals surface area (Å²) in [5.41, 5.74) is 0.937. The lowest BCUT2D eigenvalue weighted by Gasteiger charge is -2.33. The summed E-state index contributed by atoms with van der Waals surface area (Å²) < 4.78 is 24.1. The molecule has 0 saturated carbocycles. The molecule has 3 heterocycles. The molecular weight excluding hydrogens is 337 g/mol. The van der Waals surface area contributed by atoms with Gasteiger partial charge in [-0.15, -0.1) is 0 Å². The minimum atomic E-state index is -0.268.